The van der Waals surface area contributed by atoms with Crippen LogP contribution in [0.5, 0.6) is 0 Å². The number of benzene rings is 1. The van der Waals surface area contributed by atoms with Crippen molar-refractivity contribution >= 4 is 11.6 Å². The molecule has 0 radical (unpaired) electrons. The number of hydrogen-bond acceptors (Lipinski definition) is 3. The van der Waals surface area contributed by atoms with Gasteiger partial charge in [-0.3, -0.25) is 4.90 Å². The molecule has 0 aliphatic carbocycles. The first-order valence-corrected chi connectivity index (χ1v) is 7.66. The molecule has 1 rings (SSSR count). The molecule has 0 bridgehead atoms. The van der Waals surface area contributed by atoms with E-state index in [0.717, 1.165) is 30.2 Å². The highest BCUT2D eigenvalue weighted by molar-refractivity contribution is 6.31. The largest absolute Gasteiger partial charge is 0.329 e. The van der Waals surface area contributed by atoms with Crippen LogP contribution in [-0.4, -0.2) is 50.1 Å². The molecular formula is C16H28ClN3. The van der Waals surface area contributed by atoms with Gasteiger partial charge in [0.15, 0.2) is 0 Å². The van der Waals surface area contributed by atoms with Crippen molar-refractivity contribution in [2.45, 2.75) is 19.9 Å². The minimum absolute atomic E-state index is 0.186. The Morgan fingerprint density at radius 2 is 1.80 bits per heavy atom. The summed E-state index contributed by atoms with van der Waals surface area (Å²) in [7, 11) is 4.20. The molecule has 0 fully saturated rings. The third-order valence-electron chi connectivity index (χ3n) is 3.36. The van der Waals surface area contributed by atoms with Crippen molar-refractivity contribution in [3.05, 3.63) is 34.9 Å². The minimum Gasteiger partial charge on any atom is -0.329 e. The SMILES string of the molecule is CC(C)CN(CCN(C)C)C(CN)c1ccccc1Cl. The van der Waals surface area contributed by atoms with E-state index in [9.17, 15) is 0 Å². The third kappa shape index (κ3) is 5.41. The minimum atomic E-state index is 0.186. The van der Waals surface area contributed by atoms with Gasteiger partial charge in [-0.05, 0) is 31.6 Å². The summed E-state index contributed by atoms with van der Waals surface area (Å²) in [5, 5.41) is 0.807. The van der Waals surface area contributed by atoms with Crippen LogP contribution < -0.4 is 5.73 Å². The Morgan fingerprint density at radius 1 is 1.15 bits per heavy atom. The molecule has 1 aromatic carbocycles. The zero-order chi connectivity index (χ0) is 15.1. The van der Waals surface area contributed by atoms with Gasteiger partial charge in [0.2, 0.25) is 0 Å². The highest BCUT2D eigenvalue weighted by atomic mass is 35.5. The number of hydrogen-bond donors (Lipinski definition) is 1. The van der Waals surface area contributed by atoms with Crippen LogP contribution in [0.1, 0.15) is 25.5 Å². The molecule has 4 heteroatoms. The highest BCUT2D eigenvalue weighted by Gasteiger charge is 2.21. The lowest BCUT2D eigenvalue weighted by molar-refractivity contribution is 0.164. The van der Waals surface area contributed by atoms with Crippen molar-refractivity contribution in [2.24, 2.45) is 11.7 Å². The van der Waals surface area contributed by atoms with E-state index in [0.29, 0.717) is 12.5 Å². The predicted molar refractivity (Wildman–Crippen MR) is 88.2 cm³/mol. The second-order valence-electron chi connectivity index (χ2n) is 5.97. The van der Waals surface area contributed by atoms with Crippen LogP contribution in [0.4, 0.5) is 0 Å². The van der Waals surface area contributed by atoms with E-state index in [1.807, 2.05) is 18.2 Å². The van der Waals surface area contributed by atoms with Gasteiger partial charge >= 0.3 is 0 Å². The van der Waals surface area contributed by atoms with Crippen LogP contribution in [0.15, 0.2) is 24.3 Å². The molecule has 1 aromatic rings. The number of nitrogens with two attached hydrogens (primary N) is 1. The van der Waals surface area contributed by atoms with E-state index < -0.39 is 0 Å². The zero-order valence-corrected chi connectivity index (χ0v) is 13.9. The molecule has 0 spiro atoms. The van der Waals surface area contributed by atoms with Crippen LogP contribution in [0.25, 0.3) is 0 Å². The van der Waals surface area contributed by atoms with Crippen LogP contribution in [0, 0.1) is 5.92 Å². The Morgan fingerprint density at radius 3 is 2.30 bits per heavy atom. The quantitative estimate of drug-likeness (QED) is 0.801. The molecule has 20 heavy (non-hydrogen) atoms. The topological polar surface area (TPSA) is 32.5 Å². The summed E-state index contributed by atoms with van der Waals surface area (Å²) in [4.78, 5) is 4.65. The first-order valence-electron chi connectivity index (χ1n) is 7.29. The van der Waals surface area contributed by atoms with Gasteiger partial charge in [-0.25, -0.2) is 0 Å². The smallest absolute Gasteiger partial charge is 0.0485 e. The van der Waals surface area contributed by atoms with Gasteiger partial charge in [0, 0.05) is 37.2 Å². The summed E-state index contributed by atoms with van der Waals surface area (Å²) >= 11 is 6.35. The molecule has 0 aromatic heterocycles. The lowest BCUT2D eigenvalue weighted by Crippen LogP contribution is -2.40. The summed E-state index contributed by atoms with van der Waals surface area (Å²) in [5.74, 6) is 0.605. The fourth-order valence-corrected chi connectivity index (χ4v) is 2.65. The molecule has 2 N–H and O–H groups in total. The van der Waals surface area contributed by atoms with Crippen LogP contribution in [-0.2, 0) is 0 Å². The summed E-state index contributed by atoms with van der Waals surface area (Å²) < 4.78 is 0. The molecule has 3 nitrogen and oxygen atoms in total. The maximum absolute atomic E-state index is 6.35. The van der Waals surface area contributed by atoms with Crippen molar-refractivity contribution in [3.63, 3.8) is 0 Å². The average molecular weight is 298 g/mol. The van der Waals surface area contributed by atoms with E-state index >= 15 is 0 Å². The first-order chi connectivity index (χ1) is 9.45. The molecule has 114 valence electrons. The van der Waals surface area contributed by atoms with Gasteiger partial charge in [0.25, 0.3) is 0 Å². The molecule has 1 atom stereocenters. The lowest BCUT2D eigenvalue weighted by Gasteiger charge is -2.34. The van der Waals surface area contributed by atoms with E-state index in [4.69, 9.17) is 17.3 Å². The summed E-state index contributed by atoms with van der Waals surface area (Å²) in [6.07, 6.45) is 0. The molecule has 0 saturated heterocycles. The van der Waals surface area contributed by atoms with E-state index in [1.54, 1.807) is 0 Å². The standard InChI is InChI=1S/C16H28ClN3/c1-13(2)12-20(10-9-19(3)4)16(11-18)14-7-5-6-8-15(14)17/h5-8,13,16H,9-12,18H2,1-4H3. The average Bonchev–Trinajstić information content (AvgIpc) is 2.38. The Balaban J connectivity index is 2.92. The van der Waals surface area contributed by atoms with Crippen LogP contribution >= 0.6 is 11.6 Å². The lowest BCUT2D eigenvalue weighted by atomic mass is 10.0. The predicted octanol–water partition coefficient (Wildman–Crippen LogP) is 2.86. The second-order valence-corrected chi connectivity index (χ2v) is 6.37. The number of nitrogens with zero attached hydrogens (tertiary/aromatic N) is 2. The zero-order valence-electron chi connectivity index (χ0n) is 13.1. The van der Waals surface area contributed by atoms with Gasteiger partial charge in [-0.15, -0.1) is 0 Å². The maximum atomic E-state index is 6.35. The van der Waals surface area contributed by atoms with Gasteiger partial charge in [-0.1, -0.05) is 43.6 Å². The van der Waals surface area contributed by atoms with Gasteiger partial charge < -0.3 is 10.6 Å². The molecule has 1 unspecified atom stereocenters. The normalized spacial score (nSPS) is 13.4. The Hall–Kier alpha value is -0.610. The van der Waals surface area contributed by atoms with Crippen LogP contribution in [0.3, 0.4) is 0 Å². The van der Waals surface area contributed by atoms with Crippen LogP contribution in [0.2, 0.25) is 5.02 Å². The van der Waals surface area contributed by atoms with Crippen molar-refractivity contribution in [3.8, 4) is 0 Å². The maximum Gasteiger partial charge on any atom is 0.0485 e. The Bertz CT molecular complexity index is 393. The highest BCUT2D eigenvalue weighted by Crippen LogP contribution is 2.27. The fourth-order valence-electron chi connectivity index (χ4n) is 2.39. The fraction of sp³-hybridized carbons (Fsp3) is 0.625. The molecular weight excluding hydrogens is 270 g/mol. The molecule has 0 aliphatic rings. The summed E-state index contributed by atoms with van der Waals surface area (Å²) in [5.41, 5.74) is 7.18. The number of rotatable bonds is 8. The molecule has 0 aliphatic heterocycles. The third-order valence-corrected chi connectivity index (χ3v) is 3.71. The van der Waals surface area contributed by atoms with Gasteiger partial charge in [-0.2, -0.15) is 0 Å². The summed E-state index contributed by atoms with van der Waals surface area (Å²) in [6.45, 7) is 8.11. The monoisotopic (exact) mass is 297 g/mol. The number of halogens is 1. The molecule has 0 amide bonds. The van der Waals surface area contributed by atoms with E-state index in [2.05, 4.69) is 43.8 Å². The number of likely N-dealkylation sites (N-methyl/N-ethyl adjacent to an activating group) is 1. The first kappa shape index (κ1) is 17.4. The van der Waals surface area contributed by atoms with Crippen molar-refractivity contribution < 1.29 is 0 Å². The van der Waals surface area contributed by atoms with Gasteiger partial charge in [0.1, 0.15) is 0 Å². The van der Waals surface area contributed by atoms with Crippen molar-refractivity contribution in [1.82, 2.24) is 9.80 Å². The van der Waals surface area contributed by atoms with E-state index in [1.165, 1.54) is 0 Å². The Labute approximate surface area is 128 Å². The van der Waals surface area contributed by atoms with Gasteiger partial charge in [0.05, 0.1) is 0 Å². The molecule has 0 saturated carbocycles. The molecule has 0 heterocycles. The summed E-state index contributed by atoms with van der Waals surface area (Å²) in [6, 6.07) is 8.21. The van der Waals surface area contributed by atoms with Crippen molar-refractivity contribution in [2.75, 3.05) is 40.3 Å². The second kappa shape index (κ2) is 8.63. The Kier molecular flexibility index (Phi) is 7.52. The van der Waals surface area contributed by atoms with Crippen molar-refractivity contribution in [1.29, 1.82) is 0 Å². The van der Waals surface area contributed by atoms with E-state index in [-0.39, 0.29) is 6.04 Å².